The third-order valence-electron chi connectivity index (χ3n) is 2.07. The van der Waals surface area contributed by atoms with Gasteiger partial charge in [0.2, 0.25) is 0 Å². The SMILES string of the molecule is O=C(NO)c1ccc(-c2cc(C(F)(F)F)n[nH]2)s1. The Morgan fingerprint density at radius 3 is 2.72 bits per heavy atom. The lowest BCUT2D eigenvalue weighted by molar-refractivity contribution is -0.141. The summed E-state index contributed by atoms with van der Waals surface area (Å²) in [7, 11) is 0. The first-order chi connectivity index (χ1) is 8.41. The van der Waals surface area contributed by atoms with Gasteiger partial charge in [0.05, 0.1) is 15.4 Å². The summed E-state index contributed by atoms with van der Waals surface area (Å²) in [6.07, 6.45) is -4.52. The van der Waals surface area contributed by atoms with E-state index in [0.29, 0.717) is 4.88 Å². The number of hydroxylamine groups is 1. The maximum Gasteiger partial charge on any atom is 0.435 e. The number of alkyl halides is 3. The molecule has 96 valence electrons. The molecule has 0 aliphatic heterocycles. The number of carbonyl (C=O) groups is 1. The van der Waals surface area contributed by atoms with E-state index in [2.05, 4.69) is 10.2 Å². The summed E-state index contributed by atoms with van der Waals surface area (Å²) in [6.45, 7) is 0. The molecule has 0 aliphatic carbocycles. The lowest BCUT2D eigenvalue weighted by Gasteiger charge is -1.98. The molecule has 0 fully saturated rings. The number of nitrogens with zero attached hydrogens (tertiary/aromatic N) is 1. The van der Waals surface area contributed by atoms with Crippen molar-refractivity contribution >= 4 is 17.2 Å². The van der Waals surface area contributed by atoms with Gasteiger partial charge in [-0.1, -0.05) is 0 Å². The van der Waals surface area contributed by atoms with E-state index in [1.165, 1.54) is 17.6 Å². The summed E-state index contributed by atoms with van der Waals surface area (Å²) < 4.78 is 37.0. The van der Waals surface area contributed by atoms with Crippen molar-refractivity contribution in [3.63, 3.8) is 0 Å². The van der Waals surface area contributed by atoms with Gasteiger partial charge >= 0.3 is 6.18 Å². The molecule has 0 aromatic carbocycles. The molecule has 1 amide bonds. The lowest BCUT2D eigenvalue weighted by atomic mass is 10.3. The molecule has 5 nitrogen and oxygen atoms in total. The number of carbonyl (C=O) groups excluding carboxylic acids is 1. The van der Waals surface area contributed by atoms with Crippen LogP contribution >= 0.6 is 11.3 Å². The number of hydrogen-bond donors (Lipinski definition) is 3. The number of aromatic nitrogens is 2. The highest BCUT2D eigenvalue weighted by atomic mass is 32.1. The van der Waals surface area contributed by atoms with E-state index in [1.54, 1.807) is 0 Å². The van der Waals surface area contributed by atoms with Gasteiger partial charge in [0.15, 0.2) is 5.69 Å². The number of hydrogen-bond acceptors (Lipinski definition) is 4. The van der Waals surface area contributed by atoms with Crippen molar-refractivity contribution in [2.45, 2.75) is 6.18 Å². The standard InChI is InChI=1S/C9H6F3N3O2S/c10-9(11,12)7-3-4(13-14-7)5-1-2-6(18-5)8(16)15-17/h1-3,17H,(H,13,14)(H,15,16). The fourth-order valence-corrected chi connectivity index (χ4v) is 2.11. The summed E-state index contributed by atoms with van der Waals surface area (Å²) in [5.41, 5.74) is 0.569. The topological polar surface area (TPSA) is 78.0 Å². The van der Waals surface area contributed by atoms with Crippen LogP contribution < -0.4 is 5.48 Å². The van der Waals surface area contributed by atoms with E-state index < -0.39 is 17.8 Å². The fraction of sp³-hybridized carbons (Fsp3) is 0.111. The zero-order valence-electron chi connectivity index (χ0n) is 8.58. The normalized spacial score (nSPS) is 11.6. The van der Waals surface area contributed by atoms with Gasteiger partial charge in [-0.05, 0) is 18.2 Å². The molecule has 2 heterocycles. The van der Waals surface area contributed by atoms with Crippen molar-refractivity contribution in [2.75, 3.05) is 0 Å². The molecule has 9 heteroatoms. The van der Waals surface area contributed by atoms with E-state index in [0.717, 1.165) is 17.4 Å². The molecular weight excluding hydrogens is 271 g/mol. The van der Waals surface area contributed by atoms with E-state index in [1.807, 2.05) is 0 Å². The van der Waals surface area contributed by atoms with Crippen molar-refractivity contribution in [3.8, 4) is 10.6 Å². The monoisotopic (exact) mass is 277 g/mol. The second kappa shape index (κ2) is 4.42. The van der Waals surface area contributed by atoms with Gasteiger partial charge in [-0.2, -0.15) is 18.3 Å². The molecule has 0 saturated carbocycles. The highest BCUT2D eigenvalue weighted by molar-refractivity contribution is 7.17. The number of aromatic amines is 1. The number of halogens is 3. The number of amides is 1. The van der Waals surface area contributed by atoms with Crippen molar-refractivity contribution in [3.05, 3.63) is 28.8 Å². The summed E-state index contributed by atoms with van der Waals surface area (Å²) in [5.74, 6) is -0.721. The smallest absolute Gasteiger partial charge is 0.288 e. The Bertz CT molecular complexity index is 576. The highest BCUT2D eigenvalue weighted by Gasteiger charge is 2.34. The molecule has 18 heavy (non-hydrogen) atoms. The largest absolute Gasteiger partial charge is 0.435 e. The van der Waals surface area contributed by atoms with Crippen LogP contribution in [-0.4, -0.2) is 21.3 Å². The minimum atomic E-state index is -4.52. The third-order valence-corrected chi connectivity index (χ3v) is 3.18. The Hall–Kier alpha value is -1.87. The fourth-order valence-electron chi connectivity index (χ4n) is 1.25. The van der Waals surface area contributed by atoms with Gasteiger partial charge in [0.1, 0.15) is 0 Å². The van der Waals surface area contributed by atoms with E-state index >= 15 is 0 Å². The van der Waals surface area contributed by atoms with Crippen LogP contribution in [0.25, 0.3) is 10.6 Å². The lowest BCUT2D eigenvalue weighted by Crippen LogP contribution is -2.16. The average molecular weight is 277 g/mol. The second-order valence-electron chi connectivity index (χ2n) is 3.27. The van der Waals surface area contributed by atoms with Gasteiger partial charge in [-0.25, -0.2) is 5.48 Å². The van der Waals surface area contributed by atoms with E-state index in [9.17, 15) is 18.0 Å². The predicted molar refractivity (Wildman–Crippen MR) is 56.2 cm³/mol. The first-order valence-electron chi connectivity index (χ1n) is 4.59. The Morgan fingerprint density at radius 1 is 1.44 bits per heavy atom. The molecule has 3 N–H and O–H groups in total. The first kappa shape index (κ1) is 12.6. The minimum Gasteiger partial charge on any atom is -0.288 e. The minimum absolute atomic E-state index is 0.157. The molecule has 2 rings (SSSR count). The molecule has 0 saturated heterocycles. The molecule has 2 aromatic heterocycles. The molecule has 0 bridgehead atoms. The molecule has 0 aliphatic rings. The van der Waals surface area contributed by atoms with E-state index in [4.69, 9.17) is 5.21 Å². The molecule has 0 radical (unpaired) electrons. The predicted octanol–water partition coefficient (Wildman–Crippen LogP) is 2.28. The highest BCUT2D eigenvalue weighted by Crippen LogP contribution is 2.32. The second-order valence-corrected chi connectivity index (χ2v) is 4.35. The zero-order valence-corrected chi connectivity index (χ0v) is 9.39. The van der Waals surface area contributed by atoms with Crippen LogP contribution in [0.2, 0.25) is 0 Å². The van der Waals surface area contributed by atoms with Crippen LogP contribution in [0.5, 0.6) is 0 Å². The van der Waals surface area contributed by atoms with Crippen molar-refractivity contribution < 1.29 is 23.2 Å². The maximum atomic E-state index is 12.3. The maximum absolute atomic E-state index is 12.3. The van der Waals surface area contributed by atoms with Crippen molar-refractivity contribution in [1.29, 1.82) is 0 Å². The third kappa shape index (κ3) is 2.36. The summed E-state index contributed by atoms with van der Waals surface area (Å²) in [6, 6.07) is 3.70. The van der Waals surface area contributed by atoms with Crippen LogP contribution in [0.15, 0.2) is 18.2 Å². The van der Waals surface area contributed by atoms with Crippen LogP contribution in [0, 0.1) is 0 Å². The van der Waals surface area contributed by atoms with Crippen LogP contribution in [0.3, 0.4) is 0 Å². The van der Waals surface area contributed by atoms with Crippen molar-refractivity contribution in [2.24, 2.45) is 0 Å². The number of nitrogens with one attached hydrogen (secondary N) is 2. The molecule has 0 atom stereocenters. The van der Waals surface area contributed by atoms with Gasteiger partial charge < -0.3 is 0 Å². The quantitative estimate of drug-likeness (QED) is 0.582. The summed E-state index contributed by atoms with van der Waals surface area (Å²) >= 11 is 0.932. The molecule has 0 unspecified atom stereocenters. The zero-order chi connectivity index (χ0) is 13.3. The van der Waals surface area contributed by atoms with Gasteiger partial charge in [0, 0.05) is 0 Å². The Kier molecular flexibility index (Phi) is 3.09. The van der Waals surface area contributed by atoms with Crippen LogP contribution in [0.1, 0.15) is 15.4 Å². The molecule has 0 spiro atoms. The number of rotatable bonds is 2. The van der Waals surface area contributed by atoms with E-state index in [-0.39, 0.29) is 10.6 Å². The molecular formula is C9H6F3N3O2S. The van der Waals surface area contributed by atoms with Gasteiger partial charge in [-0.3, -0.25) is 15.1 Å². The Morgan fingerprint density at radius 2 is 2.17 bits per heavy atom. The number of H-pyrrole nitrogens is 1. The Labute approximate surface area is 102 Å². The van der Waals surface area contributed by atoms with Crippen molar-refractivity contribution in [1.82, 2.24) is 15.7 Å². The molecule has 2 aromatic rings. The summed E-state index contributed by atoms with van der Waals surface area (Å²) in [5, 5.41) is 13.8. The summed E-state index contributed by atoms with van der Waals surface area (Å²) in [4.78, 5) is 11.7. The van der Waals surface area contributed by atoms with Gasteiger partial charge in [-0.15, -0.1) is 11.3 Å². The van der Waals surface area contributed by atoms with Crippen LogP contribution in [-0.2, 0) is 6.18 Å². The Balaban J connectivity index is 2.30. The van der Waals surface area contributed by atoms with Crippen LogP contribution in [0.4, 0.5) is 13.2 Å². The first-order valence-corrected chi connectivity index (χ1v) is 5.40. The number of thiophene rings is 1. The van der Waals surface area contributed by atoms with Gasteiger partial charge in [0.25, 0.3) is 5.91 Å². The average Bonchev–Trinajstić information content (AvgIpc) is 2.94.